The molecule has 2 amide bonds. The van der Waals surface area contributed by atoms with Crippen LogP contribution in [0.4, 0.5) is 13.2 Å². The fourth-order valence-corrected chi connectivity index (χ4v) is 2.78. The van der Waals surface area contributed by atoms with Gasteiger partial charge in [0.15, 0.2) is 0 Å². The summed E-state index contributed by atoms with van der Waals surface area (Å²) in [7, 11) is 0. The summed E-state index contributed by atoms with van der Waals surface area (Å²) < 4.78 is 38.1. The summed E-state index contributed by atoms with van der Waals surface area (Å²) >= 11 is 0. The molecule has 1 aliphatic rings. The van der Waals surface area contributed by atoms with Crippen LogP contribution in [0.15, 0.2) is 12.1 Å². The summed E-state index contributed by atoms with van der Waals surface area (Å²) in [5.41, 5.74) is -1.93. The Morgan fingerprint density at radius 2 is 2.04 bits per heavy atom. The zero-order valence-electron chi connectivity index (χ0n) is 14.5. The fraction of sp³-hybridized carbons (Fsp3) is 0.588. The molecule has 1 atom stereocenters. The van der Waals surface area contributed by atoms with Crippen molar-refractivity contribution in [1.82, 2.24) is 15.2 Å². The number of alkyl halides is 3. The molecule has 1 N–H and O–H groups in total. The first-order chi connectivity index (χ1) is 11.6. The van der Waals surface area contributed by atoms with Gasteiger partial charge in [-0.05, 0) is 38.8 Å². The molecule has 8 heteroatoms. The number of hydrogen-bond donors (Lipinski definition) is 1. The smallest absolute Gasteiger partial charge is 0.354 e. The number of carbonyl (C=O) groups excluding carboxylic acids is 2. The zero-order valence-corrected chi connectivity index (χ0v) is 14.5. The number of likely N-dealkylation sites (tertiary alicyclic amines) is 1. The van der Waals surface area contributed by atoms with Gasteiger partial charge in [0.05, 0.1) is 11.3 Å². The highest BCUT2D eigenvalue weighted by Gasteiger charge is 2.49. The van der Waals surface area contributed by atoms with Crippen LogP contribution < -0.4 is 5.32 Å². The van der Waals surface area contributed by atoms with Crippen molar-refractivity contribution in [1.29, 1.82) is 0 Å². The Balaban J connectivity index is 2.16. The Hall–Kier alpha value is -2.12. The predicted octanol–water partition coefficient (Wildman–Crippen LogP) is 2.93. The number of carbonyl (C=O) groups is 2. The largest absolute Gasteiger partial charge is 0.433 e. The Labute approximate surface area is 144 Å². The van der Waals surface area contributed by atoms with Crippen LogP contribution in [-0.2, 0) is 11.0 Å². The number of nitrogens with zero attached hydrogens (tertiary/aromatic N) is 2. The molecule has 1 fully saturated rings. The van der Waals surface area contributed by atoms with E-state index in [2.05, 4.69) is 10.3 Å². The van der Waals surface area contributed by atoms with Crippen LogP contribution >= 0.6 is 0 Å². The van der Waals surface area contributed by atoms with Gasteiger partial charge >= 0.3 is 6.18 Å². The van der Waals surface area contributed by atoms with Crippen LogP contribution in [0.2, 0.25) is 0 Å². The molecule has 0 spiro atoms. The minimum atomic E-state index is -4.56. The second kappa shape index (κ2) is 7.01. The van der Waals surface area contributed by atoms with E-state index in [0.717, 1.165) is 25.0 Å². The normalized spacial score (nSPS) is 20.2. The highest BCUT2D eigenvalue weighted by molar-refractivity contribution is 6.01. The monoisotopic (exact) mass is 357 g/mol. The molecule has 2 heterocycles. The molecule has 5 nitrogen and oxygen atoms in total. The summed E-state index contributed by atoms with van der Waals surface area (Å²) in [6.45, 7) is 5.96. The summed E-state index contributed by atoms with van der Waals surface area (Å²) in [5, 5.41) is 2.81. The Bertz CT molecular complexity index is 676. The molecule has 1 saturated heterocycles. The molecular formula is C17H22F3N3O2. The number of nitrogens with one attached hydrogen (secondary N) is 1. The summed E-state index contributed by atoms with van der Waals surface area (Å²) in [4.78, 5) is 29.9. The van der Waals surface area contributed by atoms with Crippen molar-refractivity contribution in [3.05, 3.63) is 29.1 Å². The third-order valence-corrected chi connectivity index (χ3v) is 4.57. The average molecular weight is 357 g/mol. The van der Waals surface area contributed by atoms with Crippen molar-refractivity contribution in [3.8, 4) is 0 Å². The Morgan fingerprint density at radius 3 is 2.52 bits per heavy atom. The number of hydrogen-bond acceptors (Lipinski definition) is 3. The molecule has 0 saturated carbocycles. The Kier molecular flexibility index (Phi) is 5.39. The molecule has 0 bridgehead atoms. The number of pyridine rings is 1. The zero-order chi connectivity index (χ0) is 18.8. The molecule has 0 aromatic carbocycles. The number of aromatic nitrogens is 1. The van der Waals surface area contributed by atoms with E-state index in [4.69, 9.17) is 0 Å². The van der Waals surface area contributed by atoms with E-state index in [1.807, 2.05) is 6.92 Å². The maximum absolute atomic E-state index is 12.7. The number of amides is 2. The average Bonchev–Trinajstić information content (AvgIpc) is 2.52. The predicted molar refractivity (Wildman–Crippen MR) is 86.0 cm³/mol. The summed E-state index contributed by atoms with van der Waals surface area (Å²) in [6.07, 6.45) is -2.26. The van der Waals surface area contributed by atoms with Crippen molar-refractivity contribution >= 4 is 11.8 Å². The van der Waals surface area contributed by atoms with E-state index in [1.54, 1.807) is 6.92 Å². The molecule has 138 valence electrons. The number of halogens is 3. The van der Waals surface area contributed by atoms with Crippen LogP contribution in [0.3, 0.4) is 0 Å². The van der Waals surface area contributed by atoms with Gasteiger partial charge in [-0.3, -0.25) is 9.59 Å². The van der Waals surface area contributed by atoms with Gasteiger partial charge in [-0.2, -0.15) is 13.2 Å². The summed E-state index contributed by atoms with van der Waals surface area (Å²) in [5.74, 6) is -0.712. The third kappa shape index (κ3) is 3.77. The standard InChI is InChI=1S/C17H22F3N3O2/c1-4-5-9-21-15(25)16(3)8-10-23(16)14(24)12-6-7-13(17(18,19)20)22-11(12)2/h6-7H,4-5,8-10H2,1-3H3,(H,21,25). The van der Waals surface area contributed by atoms with Crippen molar-refractivity contribution in [2.75, 3.05) is 13.1 Å². The van der Waals surface area contributed by atoms with Crippen molar-refractivity contribution < 1.29 is 22.8 Å². The first-order valence-electron chi connectivity index (χ1n) is 8.26. The lowest BCUT2D eigenvalue weighted by Gasteiger charge is -2.49. The minimum absolute atomic E-state index is 0.000432. The van der Waals surface area contributed by atoms with Crippen LogP contribution in [0, 0.1) is 6.92 Å². The van der Waals surface area contributed by atoms with Gasteiger partial charge in [0.25, 0.3) is 5.91 Å². The van der Waals surface area contributed by atoms with E-state index in [1.165, 1.54) is 11.8 Å². The second-order valence-electron chi connectivity index (χ2n) is 6.42. The maximum Gasteiger partial charge on any atom is 0.433 e. The number of unbranched alkanes of at least 4 members (excludes halogenated alkanes) is 1. The molecule has 25 heavy (non-hydrogen) atoms. The minimum Gasteiger partial charge on any atom is -0.354 e. The number of aryl methyl sites for hydroxylation is 1. The van der Waals surface area contributed by atoms with Crippen molar-refractivity contribution in [3.63, 3.8) is 0 Å². The van der Waals surface area contributed by atoms with Crippen molar-refractivity contribution in [2.24, 2.45) is 0 Å². The van der Waals surface area contributed by atoms with E-state index in [9.17, 15) is 22.8 Å². The Morgan fingerprint density at radius 1 is 1.36 bits per heavy atom. The van der Waals surface area contributed by atoms with Gasteiger partial charge in [-0.15, -0.1) is 0 Å². The molecule has 1 aromatic rings. The number of rotatable bonds is 5. The quantitative estimate of drug-likeness (QED) is 0.824. The van der Waals surface area contributed by atoms with E-state index in [0.29, 0.717) is 19.5 Å². The van der Waals surface area contributed by atoms with Gasteiger partial charge in [0.1, 0.15) is 11.2 Å². The van der Waals surface area contributed by atoms with Crippen LogP contribution in [0.1, 0.15) is 54.9 Å². The van der Waals surface area contributed by atoms with Crippen LogP contribution in [0.5, 0.6) is 0 Å². The lowest BCUT2D eigenvalue weighted by atomic mass is 9.84. The topological polar surface area (TPSA) is 62.3 Å². The maximum atomic E-state index is 12.7. The molecule has 2 rings (SSSR count). The van der Waals surface area contributed by atoms with Crippen LogP contribution in [0.25, 0.3) is 0 Å². The van der Waals surface area contributed by atoms with E-state index < -0.39 is 23.3 Å². The highest BCUT2D eigenvalue weighted by Crippen LogP contribution is 2.33. The van der Waals surface area contributed by atoms with Gasteiger partial charge in [0.2, 0.25) is 5.91 Å². The van der Waals surface area contributed by atoms with Gasteiger partial charge < -0.3 is 10.2 Å². The molecular weight excluding hydrogens is 335 g/mol. The van der Waals surface area contributed by atoms with Gasteiger partial charge in [-0.1, -0.05) is 13.3 Å². The highest BCUT2D eigenvalue weighted by atomic mass is 19.4. The molecule has 0 radical (unpaired) electrons. The lowest BCUT2D eigenvalue weighted by molar-refractivity contribution is -0.141. The van der Waals surface area contributed by atoms with Crippen molar-refractivity contribution in [2.45, 2.75) is 51.7 Å². The lowest BCUT2D eigenvalue weighted by Crippen LogP contribution is -2.67. The molecule has 1 aliphatic heterocycles. The first kappa shape index (κ1) is 19.2. The molecule has 0 aliphatic carbocycles. The van der Waals surface area contributed by atoms with Gasteiger partial charge in [-0.25, -0.2) is 4.98 Å². The second-order valence-corrected chi connectivity index (χ2v) is 6.42. The van der Waals surface area contributed by atoms with Crippen LogP contribution in [-0.4, -0.2) is 40.3 Å². The van der Waals surface area contributed by atoms with Gasteiger partial charge in [0, 0.05) is 13.1 Å². The van der Waals surface area contributed by atoms with E-state index in [-0.39, 0.29) is 17.2 Å². The molecule has 1 unspecified atom stereocenters. The molecule has 1 aromatic heterocycles. The first-order valence-corrected chi connectivity index (χ1v) is 8.26. The SMILES string of the molecule is CCCCNC(=O)C1(C)CCN1C(=O)c1ccc(C(F)(F)F)nc1C. The summed E-state index contributed by atoms with van der Waals surface area (Å²) in [6, 6.07) is 1.92. The fourth-order valence-electron chi connectivity index (χ4n) is 2.78. The third-order valence-electron chi connectivity index (χ3n) is 4.57. The van der Waals surface area contributed by atoms with E-state index >= 15 is 0 Å².